The van der Waals surface area contributed by atoms with Crippen molar-refractivity contribution in [2.75, 3.05) is 13.2 Å². The van der Waals surface area contributed by atoms with Gasteiger partial charge in [0.05, 0.1) is 13.2 Å². The molecule has 16 heavy (non-hydrogen) atoms. The summed E-state index contributed by atoms with van der Waals surface area (Å²) in [5.41, 5.74) is 1.32. The van der Waals surface area contributed by atoms with Gasteiger partial charge < -0.3 is 19.5 Å². The van der Waals surface area contributed by atoms with Crippen molar-refractivity contribution in [1.29, 1.82) is 0 Å². The Morgan fingerprint density at radius 3 is 2.81 bits per heavy atom. The van der Waals surface area contributed by atoms with Gasteiger partial charge in [-0.05, 0) is 30.1 Å². The van der Waals surface area contributed by atoms with Crippen molar-refractivity contribution in [3.05, 3.63) is 23.8 Å². The molecule has 2 N–H and O–H groups in total. The van der Waals surface area contributed by atoms with Gasteiger partial charge >= 0.3 is 7.12 Å². The van der Waals surface area contributed by atoms with Crippen molar-refractivity contribution in [2.45, 2.75) is 19.4 Å². The molecule has 1 atom stereocenters. The van der Waals surface area contributed by atoms with E-state index in [9.17, 15) is 0 Å². The lowest BCUT2D eigenvalue weighted by molar-refractivity contribution is 0.141. The van der Waals surface area contributed by atoms with Gasteiger partial charge in [0.25, 0.3) is 0 Å². The number of ether oxygens (including phenoxy) is 2. The van der Waals surface area contributed by atoms with Crippen LogP contribution in [-0.2, 0) is 4.74 Å². The molecule has 1 heterocycles. The van der Waals surface area contributed by atoms with Crippen molar-refractivity contribution in [3.8, 4) is 5.75 Å². The van der Waals surface area contributed by atoms with Crippen LogP contribution < -0.4 is 10.2 Å². The van der Waals surface area contributed by atoms with Gasteiger partial charge in [0.15, 0.2) is 0 Å². The van der Waals surface area contributed by atoms with Crippen LogP contribution in [0.25, 0.3) is 0 Å². The third-order valence-corrected chi connectivity index (χ3v) is 2.71. The van der Waals surface area contributed by atoms with Gasteiger partial charge in [-0.25, -0.2) is 0 Å². The molecule has 0 spiro atoms. The van der Waals surface area contributed by atoms with Crippen molar-refractivity contribution in [2.24, 2.45) is 0 Å². The zero-order valence-corrected chi connectivity index (χ0v) is 9.22. The van der Waals surface area contributed by atoms with E-state index >= 15 is 0 Å². The van der Waals surface area contributed by atoms with Gasteiger partial charge in [0, 0.05) is 6.42 Å². The molecule has 86 valence electrons. The number of hydrogen-bond acceptors (Lipinski definition) is 4. The highest BCUT2D eigenvalue weighted by molar-refractivity contribution is 6.59. The zero-order valence-electron chi connectivity index (χ0n) is 9.22. The van der Waals surface area contributed by atoms with E-state index < -0.39 is 7.12 Å². The van der Waals surface area contributed by atoms with E-state index in [1.807, 2.05) is 13.0 Å². The van der Waals surface area contributed by atoms with Crippen LogP contribution in [0.3, 0.4) is 0 Å². The SMILES string of the molecule is Cc1cc(OC2CCOC2)ccc1B(O)O. The second kappa shape index (κ2) is 4.87. The maximum atomic E-state index is 9.07. The predicted molar refractivity (Wildman–Crippen MR) is 60.9 cm³/mol. The molecule has 1 unspecified atom stereocenters. The lowest BCUT2D eigenvalue weighted by Crippen LogP contribution is -2.32. The topological polar surface area (TPSA) is 58.9 Å². The molecule has 1 fully saturated rings. The molecular weight excluding hydrogens is 207 g/mol. The smallest absolute Gasteiger partial charge is 0.488 e. The average molecular weight is 222 g/mol. The van der Waals surface area contributed by atoms with E-state index in [1.165, 1.54) is 0 Å². The Morgan fingerprint density at radius 1 is 1.44 bits per heavy atom. The zero-order chi connectivity index (χ0) is 11.5. The van der Waals surface area contributed by atoms with E-state index in [2.05, 4.69) is 0 Å². The van der Waals surface area contributed by atoms with Crippen LogP contribution in [0.2, 0.25) is 0 Å². The highest BCUT2D eigenvalue weighted by Gasteiger charge is 2.18. The van der Waals surface area contributed by atoms with Crippen LogP contribution in [0.15, 0.2) is 18.2 Å². The maximum absolute atomic E-state index is 9.07. The number of benzene rings is 1. The van der Waals surface area contributed by atoms with Gasteiger partial charge in [0.2, 0.25) is 0 Å². The molecular formula is C11H15BO4. The fourth-order valence-electron chi connectivity index (χ4n) is 1.81. The Kier molecular flexibility index (Phi) is 3.48. The Labute approximate surface area is 95.0 Å². The minimum absolute atomic E-state index is 0.115. The highest BCUT2D eigenvalue weighted by Crippen LogP contribution is 2.17. The predicted octanol–water partition coefficient (Wildman–Crippen LogP) is -0.157. The van der Waals surface area contributed by atoms with Gasteiger partial charge in [-0.2, -0.15) is 0 Å². The lowest BCUT2D eigenvalue weighted by Gasteiger charge is -2.13. The third-order valence-electron chi connectivity index (χ3n) is 2.71. The van der Waals surface area contributed by atoms with E-state index in [4.69, 9.17) is 19.5 Å². The molecule has 0 radical (unpaired) electrons. The Hall–Kier alpha value is -1.04. The lowest BCUT2D eigenvalue weighted by atomic mass is 9.77. The molecule has 4 nitrogen and oxygen atoms in total. The van der Waals surface area contributed by atoms with Gasteiger partial charge in [0.1, 0.15) is 11.9 Å². The first-order chi connectivity index (χ1) is 7.66. The van der Waals surface area contributed by atoms with Crippen LogP contribution in [0.5, 0.6) is 5.75 Å². The molecule has 2 rings (SSSR count). The maximum Gasteiger partial charge on any atom is 0.488 e. The van der Waals surface area contributed by atoms with Crippen LogP contribution in [0, 0.1) is 6.92 Å². The Morgan fingerprint density at radius 2 is 2.25 bits per heavy atom. The van der Waals surface area contributed by atoms with Crippen molar-refractivity contribution in [1.82, 2.24) is 0 Å². The minimum Gasteiger partial charge on any atom is -0.488 e. The molecule has 1 aliphatic rings. The molecule has 0 aromatic heterocycles. The molecule has 1 aromatic carbocycles. The Balaban J connectivity index is 2.08. The first-order valence-corrected chi connectivity index (χ1v) is 5.38. The molecule has 5 heteroatoms. The van der Waals surface area contributed by atoms with Crippen LogP contribution in [0.4, 0.5) is 0 Å². The summed E-state index contributed by atoms with van der Waals surface area (Å²) in [5.74, 6) is 0.748. The summed E-state index contributed by atoms with van der Waals surface area (Å²) in [6, 6.07) is 5.23. The van der Waals surface area contributed by atoms with E-state index in [1.54, 1.807) is 12.1 Å². The summed E-state index contributed by atoms with van der Waals surface area (Å²) < 4.78 is 10.9. The Bertz CT molecular complexity index is 361. The first kappa shape index (κ1) is 11.5. The summed E-state index contributed by atoms with van der Waals surface area (Å²) in [6.07, 6.45) is 1.02. The highest BCUT2D eigenvalue weighted by atomic mass is 16.5. The summed E-state index contributed by atoms with van der Waals surface area (Å²) in [4.78, 5) is 0. The normalized spacial score (nSPS) is 19.8. The number of aryl methyl sites for hydroxylation is 1. The molecule has 1 saturated heterocycles. The minimum atomic E-state index is -1.43. The summed E-state index contributed by atoms with van der Waals surface area (Å²) in [6.45, 7) is 3.20. The van der Waals surface area contributed by atoms with E-state index in [-0.39, 0.29) is 6.10 Å². The molecule has 1 aromatic rings. The average Bonchev–Trinajstić information content (AvgIpc) is 2.70. The van der Waals surface area contributed by atoms with Gasteiger partial charge in [-0.3, -0.25) is 0 Å². The van der Waals surface area contributed by atoms with Gasteiger partial charge in [-0.1, -0.05) is 6.07 Å². The molecule has 0 saturated carbocycles. The summed E-state index contributed by atoms with van der Waals surface area (Å²) >= 11 is 0. The molecule has 1 aliphatic heterocycles. The van der Waals surface area contributed by atoms with Gasteiger partial charge in [-0.15, -0.1) is 0 Å². The molecule has 0 aliphatic carbocycles. The van der Waals surface area contributed by atoms with Crippen molar-refractivity contribution >= 4 is 12.6 Å². The largest absolute Gasteiger partial charge is 0.488 e. The first-order valence-electron chi connectivity index (χ1n) is 5.38. The van der Waals surface area contributed by atoms with Crippen LogP contribution >= 0.6 is 0 Å². The molecule has 0 amide bonds. The number of hydrogen-bond donors (Lipinski definition) is 2. The quantitative estimate of drug-likeness (QED) is 0.698. The fourth-order valence-corrected chi connectivity index (χ4v) is 1.81. The van der Waals surface area contributed by atoms with Crippen LogP contribution in [0.1, 0.15) is 12.0 Å². The van der Waals surface area contributed by atoms with Crippen LogP contribution in [-0.4, -0.2) is 36.5 Å². The monoisotopic (exact) mass is 222 g/mol. The van der Waals surface area contributed by atoms with Crippen molar-refractivity contribution < 1.29 is 19.5 Å². The fraction of sp³-hybridized carbons (Fsp3) is 0.455. The van der Waals surface area contributed by atoms with E-state index in [0.717, 1.165) is 24.3 Å². The van der Waals surface area contributed by atoms with E-state index in [0.29, 0.717) is 12.1 Å². The summed E-state index contributed by atoms with van der Waals surface area (Å²) in [5, 5.41) is 18.1. The second-order valence-electron chi connectivity index (χ2n) is 4.00. The number of rotatable bonds is 3. The molecule has 0 bridgehead atoms. The second-order valence-corrected chi connectivity index (χ2v) is 4.00. The van der Waals surface area contributed by atoms with Crippen molar-refractivity contribution in [3.63, 3.8) is 0 Å². The third kappa shape index (κ3) is 2.55. The standard InChI is InChI=1S/C11H15BO4/c1-8-6-9(2-3-11(8)12(13)14)16-10-4-5-15-7-10/h2-3,6,10,13-14H,4-5,7H2,1H3. The summed E-state index contributed by atoms with van der Waals surface area (Å²) in [7, 11) is -1.43.